The molecule has 1 amide bonds. The summed E-state index contributed by atoms with van der Waals surface area (Å²) in [6, 6.07) is 22.2. The van der Waals surface area contributed by atoms with Gasteiger partial charge in [-0.3, -0.25) is 4.79 Å². The van der Waals surface area contributed by atoms with Crippen LogP contribution in [0.15, 0.2) is 72.9 Å². The molecular weight excluding hydrogens is 500 g/mol. The lowest BCUT2D eigenvalue weighted by molar-refractivity contribution is -0.126. The summed E-state index contributed by atoms with van der Waals surface area (Å²) in [5.74, 6) is 1.74. The molecular formula is C33H38N4O3. The average Bonchev–Trinajstić information content (AvgIpc) is 3.21. The Balaban J connectivity index is 1.43. The Bertz CT molecular complexity index is 1390. The molecule has 7 heteroatoms. The van der Waals surface area contributed by atoms with Gasteiger partial charge in [-0.25, -0.2) is 0 Å². The van der Waals surface area contributed by atoms with Crippen LogP contribution in [-0.2, 0) is 16.8 Å². The molecule has 0 aromatic heterocycles. The summed E-state index contributed by atoms with van der Waals surface area (Å²) in [7, 11) is 3.81. The zero-order chi connectivity index (χ0) is 27.7. The monoisotopic (exact) mass is 538 g/mol. The van der Waals surface area contributed by atoms with Gasteiger partial charge in [0.15, 0.2) is 0 Å². The number of fused-ring (bicyclic) bond motifs is 2. The van der Waals surface area contributed by atoms with E-state index >= 15 is 0 Å². The number of anilines is 2. The molecule has 1 saturated carbocycles. The van der Waals surface area contributed by atoms with Gasteiger partial charge < -0.3 is 30.3 Å². The number of amides is 1. The van der Waals surface area contributed by atoms with Gasteiger partial charge in [0.2, 0.25) is 5.91 Å². The first-order chi connectivity index (χ1) is 19.5. The third-order valence-electron chi connectivity index (χ3n) is 8.71. The van der Waals surface area contributed by atoms with Crippen LogP contribution in [0.5, 0.6) is 11.5 Å². The van der Waals surface area contributed by atoms with Crippen molar-refractivity contribution in [2.45, 2.75) is 50.2 Å². The van der Waals surface area contributed by atoms with Gasteiger partial charge in [-0.05, 0) is 80.3 Å². The first-order valence-electron chi connectivity index (χ1n) is 14.2. The molecule has 2 fully saturated rings. The number of nitrogens with zero attached hydrogens (tertiary/aromatic N) is 2. The molecule has 3 aromatic rings. The zero-order valence-corrected chi connectivity index (χ0v) is 23.4. The fourth-order valence-corrected chi connectivity index (χ4v) is 6.22. The molecule has 0 bridgehead atoms. The maximum atomic E-state index is 14.2. The van der Waals surface area contributed by atoms with Crippen molar-refractivity contribution in [3.63, 3.8) is 0 Å². The van der Waals surface area contributed by atoms with E-state index in [1.807, 2.05) is 59.5 Å². The zero-order valence-electron chi connectivity index (χ0n) is 23.4. The number of hydrogen-bond donors (Lipinski definition) is 2. The fourth-order valence-electron chi connectivity index (χ4n) is 6.22. The number of hydrogen-bond acceptors (Lipinski definition) is 6. The van der Waals surface area contributed by atoms with Crippen molar-refractivity contribution in [2.24, 2.45) is 5.73 Å². The summed E-state index contributed by atoms with van der Waals surface area (Å²) in [4.78, 5) is 18.5. The molecule has 2 heterocycles. The smallest absolute Gasteiger partial charge is 0.238 e. The van der Waals surface area contributed by atoms with E-state index in [2.05, 4.69) is 29.4 Å². The molecule has 40 heavy (non-hydrogen) atoms. The largest absolute Gasteiger partial charge is 0.497 e. The van der Waals surface area contributed by atoms with Crippen molar-refractivity contribution in [3.8, 4) is 11.5 Å². The van der Waals surface area contributed by atoms with E-state index in [1.54, 1.807) is 13.3 Å². The Morgan fingerprint density at radius 3 is 2.42 bits per heavy atom. The van der Waals surface area contributed by atoms with Crippen LogP contribution in [-0.4, -0.2) is 44.2 Å². The molecule has 3 aliphatic rings. The normalized spacial score (nSPS) is 18.9. The minimum absolute atomic E-state index is 0.0961. The molecule has 3 aromatic carbocycles. The standard InChI is InChI=1S/C33H38N4O3/c1-36-17-13-27(14-18-36)40-30-20-24(29(21-34)35-25-7-4-3-5-8-25)19-28-31(30)37(32(38)33(28)15-6-16-33)22-23-9-11-26(39-2)12-10-23/h3-5,7-12,19-21,27,35H,6,13-18,22,34H2,1-2H3/b29-21-. The van der Waals surface area contributed by atoms with Crippen LogP contribution in [0.25, 0.3) is 5.70 Å². The highest BCUT2D eigenvalue weighted by atomic mass is 16.5. The lowest BCUT2D eigenvalue weighted by Crippen LogP contribution is -2.44. The second kappa shape index (κ2) is 10.9. The second-order valence-electron chi connectivity index (χ2n) is 11.2. The summed E-state index contributed by atoms with van der Waals surface area (Å²) < 4.78 is 12.2. The highest BCUT2D eigenvalue weighted by molar-refractivity contribution is 6.10. The average molecular weight is 539 g/mol. The number of carbonyl (C=O) groups is 1. The van der Waals surface area contributed by atoms with Crippen LogP contribution >= 0.6 is 0 Å². The number of piperidine rings is 1. The molecule has 1 spiro atoms. The van der Waals surface area contributed by atoms with Crippen molar-refractivity contribution < 1.29 is 14.3 Å². The van der Waals surface area contributed by atoms with Crippen molar-refractivity contribution in [2.75, 3.05) is 37.5 Å². The Kier molecular flexibility index (Phi) is 7.15. The minimum Gasteiger partial charge on any atom is -0.497 e. The van der Waals surface area contributed by atoms with Gasteiger partial charge >= 0.3 is 0 Å². The Morgan fingerprint density at radius 2 is 1.80 bits per heavy atom. The number of benzene rings is 3. The van der Waals surface area contributed by atoms with Crippen molar-refractivity contribution >= 4 is 23.0 Å². The number of ether oxygens (including phenoxy) is 2. The third-order valence-corrected chi connectivity index (χ3v) is 8.71. The number of nitrogens with two attached hydrogens (primary N) is 1. The van der Waals surface area contributed by atoms with E-state index in [0.29, 0.717) is 6.54 Å². The second-order valence-corrected chi connectivity index (χ2v) is 11.2. The molecule has 2 aliphatic heterocycles. The molecule has 7 nitrogen and oxygen atoms in total. The summed E-state index contributed by atoms with van der Waals surface area (Å²) in [6.45, 7) is 2.48. The molecule has 6 rings (SSSR count). The number of rotatable bonds is 8. The molecule has 1 aliphatic carbocycles. The number of para-hydroxylation sites is 1. The van der Waals surface area contributed by atoms with E-state index in [9.17, 15) is 4.79 Å². The van der Waals surface area contributed by atoms with Crippen LogP contribution in [0.1, 0.15) is 48.8 Å². The topological polar surface area (TPSA) is 80.1 Å². The van der Waals surface area contributed by atoms with E-state index in [0.717, 1.165) is 90.5 Å². The summed E-state index contributed by atoms with van der Waals surface area (Å²) >= 11 is 0. The lowest BCUT2D eigenvalue weighted by Gasteiger charge is -2.37. The van der Waals surface area contributed by atoms with E-state index in [-0.39, 0.29) is 12.0 Å². The summed E-state index contributed by atoms with van der Waals surface area (Å²) in [5.41, 5.74) is 11.4. The summed E-state index contributed by atoms with van der Waals surface area (Å²) in [6.07, 6.45) is 6.35. The van der Waals surface area contributed by atoms with Crippen molar-refractivity contribution in [3.05, 3.63) is 89.6 Å². The number of carbonyl (C=O) groups excluding carboxylic acids is 1. The van der Waals surface area contributed by atoms with Crippen LogP contribution < -0.4 is 25.4 Å². The highest BCUT2D eigenvalue weighted by Crippen LogP contribution is 2.57. The minimum atomic E-state index is -0.505. The van der Waals surface area contributed by atoms with E-state index in [1.165, 1.54) is 0 Å². The SMILES string of the molecule is COc1ccc(CN2C(=O)C3(CCC3)c3cc(/C(=C/N)Nc4ccccc4)cc(OC4CCN(C)CC4)c32)cc1. The first-order valence-corrected chi connectivity index (χ1v) is 14.2. The predicted octanol–water partition coefficient (Wildman–Crippen LogP) is 5.51. The maximum Gasteiger partial charge on any atom is 0.238 e. The Labute approximate surface area is 236 Å². The first kappa shape index (κ1) is 26.3. The van der Waals surface area contributed by atoms with Crippen LogP contribution in [0.3, 0.4) is 0 Å². The van der Waals surface area contributed by atoms with Gasteiger partial charge in [-0.1, -0.05) is 36.8 Å². The Hall–Kier alpha value is -3.97. The van der Waals surface area contributed by atoms with E-state index < -0.39 is 5.41 Å². The third kappa shape index (κ3) is 4.79. The number of likely N-dealkylation sites (tertiary alicyclic amines) is 1. The van der Waals surface area contributed by atoms with Gasteiger partial charge in [0.25, 0.3) is 0 Å². The molecule has 0 atom stereocenters. The van der Waals surface area contributed by atoms with Gasteiger partial charge in [-0.2, -0.15) is 0 Å². The number of methoxy groups -OCH3 is 1. The Morgan fingerprint density at radius 1 is 1.07 bits per heavy atom. The molecule has 208 valence electrons. The van der Waals surface area contributed by atoms with Gasteiger partial charge in [-0.15, -0.1) is 0 Å². The van der Waals surface area contributed by atoms with Crippen molar-refractivity contribution in [1.29, 1.82) is 0 Å². The molecule has 1 saturated heterocycles. The maximum absolute atomic E-state index is 14.2. The van der Waals surface area contributed by atoms with E-state index in [4.69, 9.17) is 15.2 Å². The lowest BCUT2D eigenvalue weighted by atomic mass is 9.65. The molecule has 3 N–H and O–H groups in total. The van der Waals surface area contributed by atoms with Crippen LogP contribution in [0.2, 0.25) is 0 Å². The quantitative estimate of drug-likeness (QED) is 0.394. The van der Waals surface area contributed by atoms with Gasteiger partial charge in [0.05, 0.1) is 30.5 Å². The van der Waals surface area contributed by atoms with Gasteiger partial charge in [0, 0.05) is 30.5 Å². The van der Waals surface area contributed by atoms with Gasteiger partial charge in [0.1, 0.15) is 17.6 Å². The molecule has 0 unspecified atom stereocenters. The molecule has 0 radical (unpaired) electrons. The van der Waals surface area contributed by atoms with Crippen molar-refractivity contribution in [1.82, 2.24) is 4.90 Å². The predicted molar refractivity (Wildman–Crippen MR) is 160 cm³/mol. The fraction of sp³-hybridized carbons (Fsp3) is 0.364. The summed E-state index contributed by atoms with van der Waals surface area (Å²) in [5, 5.41) is 3.47. The van der Waals surface area contributed by atoms with Crippen LogP contribution in [0, 0.1) is 0 Å². The number of nitrogens with one attached hydrogen (secondary N) is 1. The highest BCUT2D eigenvalue weighted by Gasteiger charge is 2.55. The van der Waals surface area contributed by atoms with Crippen LogP contribution in [0.4, 0.5) is 11.4 Å².